The lowest BCUT2D eigenvalue weighted by Crippen LogP contribution is -2.33. The first-order valence-corrected chi connectivity index (χ1v) is 7.64. The monoisotopic (exact) mass is 337 g/mol. The van der Waals surface area contributed by atoms with Crippen molar-refractivity contribution >= 4 is 27.6 Å². The molecule has 0 unspecified atom stereocenters. The van der Waals surface area contributed by atoms with Crippen LogP contribution in [0.3, 0.4) is 0 Å². The minimum atomic E-state index is -4.16. The van der Waals surface area contributed by atoms with Crippen LogP contribution in [0.5, 0.6) is 5.75 Å². The smallest absolute Gasteiger partial charge is 0.339 e. The lowest BCUT2D eigenvalue weighted by molar-refractivity contribution is -0.0358. The third-order valence-corrected chi connectivity index (χ3v) is 3.60. The molecule has 21 heavy (non-hydrogen) atoms. The van der Waals surface area contributed by atoms with Crippen LogP contribution in [0.15, 0.2) is 17.0 Å². The van der Waals surface area contributed by atoms with Crippen LogP contribution in [0.4, 0.5) is 0 Å². The van der Waals surface area contributed by atoms with Crippen molar-refractivity contribution in [3.63, 3.8) is 0 Å². The van der Waals surface area contributed by atoms with Crippen molar-refractivity contribution < 1.29 is 27.9 Å². The Balaban J connectivity index is 3.38. The highest BCUT2D eigenvalue weighted by Gasteiger charge is 2.27. The molecule has 0 aliphatic carbocycles. The number of carboxylic acid groups (broad SMARTS) is 1. The van der Waals surface area contributed by atoms with E-state index in [0.717, 1.165) is 12.1 Å². The summed E-state index contributed by atoms with van der Waals surface area (Å²) in [6, 6.07) is 2.19. The molecule has 0 aliphatic heterocycles. The Bertz CT molecular complexity index is 650. The summed E-state index contributed by atoms with van der Waals surface area (Å²) in [5.41, 5.74) is -1.13. The van der Waals surface area contributed by atoms with Crippen molar-refractivity contribution in [2.75, 3.05) is 7.11 Å². The number of carboxylic acids is 1. The molecule has 0 bridgehead atoms. The average molecular weight is 338 g/mol. The van der Waals surface area contributed by atoms with Gasteiger partial charge in [-0.15, -0.1) is 0 Å². The number of halogens is 1. The molecule has 0 amide bonds. The van der Waals surface area contributed by atoms with Crippen LogP contribution in [0.25, 0.3) is 0 Å². The first kappa shape index (κ1) is 17.7. The molecular formula is C12H16ClNO6S. The van der Waals surface area contributed by atoms with E-state index >= 15 is 0 Å². The number of methoxy groups -OCH3 is 1. The maximum absolute atomic E-state index is 12.2. The summed E-state index contributed by atoms with van der Waals surface area (Å²) in [7, 11) is -2.99. The molecule has 0 fully saturated rings. The number of aromatic carboxylic acids is 1. The van der Waals surface area contributed by atoms with E-state index in [4.69, 9.17) is 26.3 Å². The van der Waals surface area contributed by atoms with Crippen LogP contribution in [0.2, 0.25) is 5.02 Å². The topological polar surface area (TPSA) is 102 Å². The van der Waals surface area contributed by atoms with Gasteiger partial charge in [-0.1, -0.05) is 16.5 Å². The van der Waals surface area contributed by atoms with Crippen LogP contribution >= 0.6 is 11.6 Å². The molecule has 0 heterocycles. The first-order valence-electron chi connectivity index (χ1n) is 5.78. The minimum absolute atomic E-state index is 0.0515. The highest BCUT2D eigenvalue weighted by molar-refractivity contribution is 7.89. The van der Waals surface area contributed by atoms with Crippen LogP contribution in [0, 0.1) is 0 Å². The maximum Gasteiger partial charge on any atom is 0.339 e. The Morgan fingerprint density at radius 3 is 2.33 bits per heavy atom. The second-order valence-corrected chi connectivity index (χ2v) is 7.14. The van der Waals surface area contributed by atoms with Crippen LogP contribution in [-0.2, 0) is 14.9 Å². The molecule has 0 spiro atoms. The lowest BCUT2D eigenvalue weighted by atomic mass is 10.2. The molecule has 0 aliphatic rings. The predicted molar refractivity (Wildman–Crippen MR) is 76.1 cm³/mol. The van der Waals surface area contributed by atoms with Crippen LogP contribution < -0.4 is 9.62 Å². The molecule has 1 aromatic carbocycles. The summed E-state index contributed by atoms with van der Waals surface area (Å²) in [4.78, 5) is 17.7. The Morgan fingerprint density at radius 2 is 1.90 bits per heavy atom. The molecule has 9 heteroatoms. The van der Waals surface area contributed by atoms with Gasteiger partial charge in [0.25, 0.3) is 10.0 Å². The first-order chi connectivity index (χ1) is 9.48. The van der Waals surface area contributed by atoms with Crippen molar-refractivity contribution in [1.82, 2.24) is 4.89 Å². The molecule has 0 atom stereocenters. The van der Waals surface area contributed by atoms with Gasteiger partial charge in [-0.05, 0) is 32.9 Å². The van der Waals surface area contributed by atoms with Gasteiger partial charge in [0.2, 0.25) is 0 Å². The van der Waals surface area contributed by atoms with Crippen molar-refractivity contribution in [2.24, 2.45) is 0 Å². The zero-order valence-electron chi connectivity index (χ0n) is 11.9. The number of benzene rings is 1. The fraction of sp³-hybridized carbons (Fsp3) is 0.417. The normalized spacial score (nSPS) is 12.2. The van der Waals surface area contributed by atoms with E-state index in [1.54, 1.807) is 20.8 Å². The van der Waals surface area contributed by atoms with Gasteiger partial charge in [0.15, 0.2) is 5.75 Å². The summed E-state index contributed by atoms with van der Waals surface area (Å²) < 4.78 is 29.3. The summed E-state index contributed by atoms with van der Waals surface area (Å²) in [6.45, 7) is 4.94. The van der Waals surface area contributed by atoms with Crippen LogP contribution in [-0.4, -0.2) is 32.2 Å². The van der Waals surface area contributed by atoms with E-state index in [9.17, 15) is 13.2 Å². The van der Waals surface area contributed by atoms with Crippen molar-refractivity contribution in [3.05, 3.63) is 22.7 Å². The molecule has 0 aromatic heterocycles. The van der Waals surface area contributed by atoms with Gasteiger partial charge in [0, 0.05) is 5.02 Å². The molecule has 7 nitrogen and oxygen atoms in total. The van der Waals surface area contributed by atoms with E-state index in [1.807, 2.05) is 4.89 Å². The molecule has 118 valence electrons. The number of carbonyl (C=O) groups is 1. The molecule has 2 N–H and O–H groups in total. The van der Waals surface area contributed by atoms with Crippen LogP contribution in [0.1, 0.15) is 31.1 Å². The zero-order chi connectivity index (χ0) is 16.4. The van der Waals surface area contributed by atoms with E-state index in [1.165, 1.54) is 7.11 Å². The number of hydrogen-bond donors (Lipinski definition) is 2. The zero-order valence-corrected chi connectivity index (χ0v) is 13.5. The average Bonchev–Trinajstić information content (AvgIpc) is 2.34. The third kappa shape index (κ3) is 4.57. The van der Waals surface area contributed by atoms with Crippen molar-refractivity contribution in [3.8, 4) is 5.75 Å². The fourth-order valence-electron chi connectivity index (χ4n) is 1.36. The standard InChI is InChI=1S/C12H16ClNO6S/c1-12(2,3)20-14-21(17,18)9-6-7(13)5-8(11(15)16)10(9)19-4/h5-6,14H,1-4H3,(H,15,16). The number of ether oxygens (including phenoxy) is 1. The van der Waals surface area contributed by atoms with Gasteiger partial charge in [0.1, 0.15) is 10.5 Å². The second-order valence-electron chi connectivity index (χ2n) is 5.09. The lowest BCUT2D eigenvalue weighted by Gasteiger charge is -2.20. The van der Waals surface area contributed by atoms with E-state index in [2.05, 4.69) is 0 Å². The van der Waals surface area contributed by atoms with Crippen molar-refractivity contribution in [2.45, 2.75) is 31.3 Å². The van der Waals surface area contributed by atoms with Gasteiger partial charge < -0.3 is 9.84 Å². The van der Waals surface area contributed by atoms with Gasteiger partial charge >= 0.3 is 5.97 Å². The van der Waals surface area contributed by atoms with Gasteiger partial charge in [-0.25, -0.2) is 13.2 Å². The van der Waals surface area contributed by atoms with Gasteiger partial charge in [-0.2, -0.15) is 0 Å². The molecular weight excluding hydrogens is 322 g/mol. The Hall–Kier alpha value is -1.35. The molecule has 0 radical (unpaired) electrons. The molecule has 1 aromatic rings. The predicted octanol–water partition coefficient (Wildman–Crippen LogP) is 2.06. The Morgan fingerprint density at radius 1 is 1.33 bits per heavy atom. The third-order valence-electron chi connectivity index (χ3n) is 2.20. The largest absolute Gasteiger partial charge is 0.494 e. The van der Waals surface area contributed by atoms with E-state index < -0.39 is 26.5 Å². The van der Waals surface area contributed by atoms with Crippen molar-refractivity contribution in [1.29, 1.82) is 0 Å². The summed E-state index contributed by atoms with van der Waals surface area (Å²) in [6.07, 6.45) is 0. The molecule has 0 saturated heterocycles. The number of rotatable bonds is 5. The highest BCUT2D eigenvalue weighted by Crippen LogP contribution is 2.32. The van der Waals surface area contributed by atoms with E-state index in [0.29, 0.717) is 0 Å². The molecule has 1 rings (SSSR count). The highest BCUT2D eigenvalue weighted by atomic mass is 35.5. The Labute approximate surface area is 127 Å². The van der Waals surface area contributed by atoms with Gasteiger partial charge in [0.05, 0.1) is 12.7 Å². The van der Waals surface area contributed by atoms with E-state index in [-0.39, 0.29) is 16.3 Å². The summed E-state index contributed by atoms with van der Waals surface area (Å²) in [5.74, 6) is -1.68. The fourth-order valence-corrected chi connectivity index (χ4v) is 2.81. The second kappa shape index (κ2) is 6.18. The SMILES string of the molecule is COc1c(C(=O)O)cc(Cl)cc1S(=O)(=O)NOC(C)(C)C. The summed E-state index contributed by atoms with van der Waals surface area (Å²) >= 11 is 5.77. The Kier molecular flexibility index (Phi) is 5.21. The maximum atomic E-state index is 12.2. The molecule has 0 saturated carbocycles. The quantitative estimate of drug-likeness (QED) is 0.797. The number of sulfonamides is 1. The number of hydrogen-bond acceptors (Lipinski definition) is 5. The number of nitrogens with one attached hydrogen (secondary N) is 1. The van der Waals surface area contributed by atoms with Gasteiger partial charge in [-0.3, -0.25) is 4.84 Å². The summed E-state index contributed by atoms with van der Waals surface area (Å²) in [5, 5.41) is 9.03. The minimum Gasteiger partial charge on any atom is -0.494 e.